The first-order valence-electron chi connectivity index (χ1n) is 4.00. The summed E-state index contributed by atoms with van der Waals surface area (Å²) in [5.41, 5.74) is 0.417. The van der Waals surface area contributed by atoms with Crippen molar-refractivity contribution in [3.8, 4) is 0 Å². The fourth-order valence-corrected chi connectivity index (χ4v) is 2.08. The molecule has 0 spiro atoms. The number of halogens is 1. The van der Waals surface area contributed by atoms with Crippen LogP contribution in [-0.4, -0.2) is 26.2 Å². The molecule has 0 atom stereocenters. The lowest BCUT2D eigenvalue weighted by molar-refractivity contribution is -0.154. The van der Waals surface area contributed by atoms with Gasteiger partial charge in [0, 0.05) is 5.56 Å². The molecule has 0 aromatic carbocycles. The highest BCUT2D eigenvalue weighted by atomic mass is 35.5. The van der Waals surface area contributed by atoms with E-state index in [0.717, 1.165) is 0 Å². The minimum absolute atomic E-state index is 0.385. The van der Waals surface area contributed by atoms with Gasteiger partial charge in [-0.15, -0.1) is 11.3 Å². The van der Waals surface area contributed by atoms with Crippen LogP contribution in [0.4, 0.5) is 0 Å². The highest BCUT2D eigenvalue weighted by Crippen LogP contribution is 2.31. The van der Waals surface area contributed by atoms with Crippen molar-refractivity contribution in [3.63, 3.8) is 0 Å². The maximum Gasteiger partial charge on any atom is 0.324 e. The normalized spacial score (nSPS) is 10.1. The SMILES string of the molecule is COC(=O)C(C(=O)OC)c1ccsc1Cl. The molecule has 1 heterocycles. The topological polar surface area (TPSA) is 52.6 Å². The van der Waals surface area contributed by atoms with Gasteiger partial charge in [0.15, 0.2) is 5.92 Å². The molecule has 4 nitrogen and oxygen atoms in total. The molecule has 0 aliphatic rings. The molecule has 0 unspecified atom stereocenters. The van der Waals surface area contributed by atoms with Gasteiger partial charge in [0.25, 0.3) is 0 Å². The summed E-state index contributed by atoms with van der Waals surface area (Å²) in [4.78, 5) is 22.8. The Balaban J connectivity index is 3.07. The van der Waals surface area contributed by atoms with Crippen LogP contribution < -0.4 is 0 Å². The number of thiophene rings is 1. The number of ether oxygens (including phenoxy) is 2. The highest BCUT2D eigenvalue weighted by Gasteiger charge is 2.32. The summed E-state index contributed by atoms with van der Waals surface area (Å²) in [6, 6.07) is 1.60. The monoisotopic (exact) mass is 248 g/mol. The number of methoxy groups -OCH3 is 2. The van der Waals surface area contributed by atoms with Gasteiger partial charge in [0.2, 0.25) is 0 Å². The molecular weight excluding hydrogens is 240 g/mol. The molecule has 0 fully saturated rings. The summed E-state index contributed by atoms with van der Waals surface area (Å²) >= 11 is 7.08. The lowest BCUT2D eigenvalue weighted by Gasteiger charge is -2.11. The van der Waals surface area contributed by atoms with E-state index in [1.54, 1.807) is 11.4 Å². The number of carbonyl (C=O) groups excluding carboxylic acids is 2. The van der Waals surface area contributed by atoms with E-state index in [0.29, 0.717) is 9.90 Å². The minimum Gasteiger partial charge on any atom is -0.468 e. The van der Waals surface area contributed by atoms with E-state index in [4.69, 9.17) is 11.6 Å². The minimum atomic E-state index is -1.10. The van der Waals surface area contributed by atoms with Crippen molar-refractivity contribution in [3.05, 3.63) is 21.3 Å². The molecule has 0 saturated carbocycles. The Bertz CT molecular complexity index is 358. The smallest absolute Gasteiger partial charge is 0.324 e. The lowest BCUT2D eigenvalue weighted by Crippen LogP contribution is -2.24. The van der Waals surface area contributed by atoms with Crippen molar-refractivity contribution in [2.75, 3.05) is 14.2 Å². The van der Waals surface area contributed by atoms with E-state index < -0.39 is 17.9 Å². The van der Waals surface area contributed by atoms with Gasteiger partial charge >= 0.3 is 11.9 Å². The third-order valence-electron chi connectivity index (χ3n) is 1.83. The Morgan fingerprint density at radius 2 is 1.87 bits per heavy atom. The largest absolute Gasteiger partial charge is 0.468 e. The van der Waals surface area contributed by atoms with Crippen molar-refractivity contribution in [1.29, 1.82) is 0 Å². The summed E-state index contributed by atoms with van der Waals surface area (Å²) in [6.45, 7) is 0. The summed E-state index contributed by atoms with van der Waals surface area (Å²) < 4.78 is 9.43. The summed E-state index contributed by atoms with van der Waals surface area (Å²) in [5, 5.41) is 1.69. The number of rotatable bonds is 3. The van der Waals surface area contributed by atoms with E-state index in [1.165, 1.54) is 25.6 Å². The molecule has 82 valence electrons. The van der Waals surface area contributed by atoms with Gasteiger partial charge in [-0.25, -0.2) is 0 Å². The van der Waals surface area contributed by atoms with Gasteiger partial charge in [-0.3, -0.25) is 9.59 Å². The van der Waals surface area contributed by atoms with Gasteiger partial charge < -0.3 is 9.47 Å². The van der Waals surface area contributed by atoms with Crippen LogP contribution in [0.1, 0.15) is 11.5 Å². The third kappa shape index (κ3) is 2.49. The van der Waals surface area contributed by atoms with Crippen LogP contribution in [0, 0.1) is 0 Å². The lowest BCUT2D eigenvalue weighted by atomic mass is 10.0. The second kappa shape index (κ2) is 5.14. The van der Waals surface area contributed by atoms with Crippen molar-refractivity contribution in [1.82, 2.24) is 0 Å². The van der Waals surface area contributed by atoms with Crippen LogP contribution in [0.5, 0.6) is 0 Å². The number of carbonyl (C=O) groups is 2. The van der Waals surface area contributed by atoms with E-state index in [2.05, 4.69) is 9.47 Å². The summed E-state index contributed by atoms with van der Waals surface area (Å²) in [5.74, 6) is -2.46. The van der Waals surface area contributed by atoms with Crippen LogP contribution in [0.2, 0.25) is 4.34 Å². The van der Waals surface area contributed by atoms with Crippen LogP contribution >= 0.6 is 22.9 Å². The quantitative estimate of drug-likeness (QED) is 0.605. The molecule has 0 saturated heterocycles. The average Bonchev–Trinajstić information content (AvgIpc) is 2.64. The van der Waals surface area contributed by atoms with E-state index in [9.17, 15) is 9.59 Å². The molecule has 0 bridgehead atoms. The summed E-state index contributed by atoms with van der Waals surface area (Å²) in [6.07, 6.45) is 0. The second-order valence-electron chi connectivity index (χ2n) is 2.63. The van der Waals surface area contributed by atoms with Crippen molar-refractivity contribution in [2.45, 2.75) is 5.92 Å². The first-order valence-corrected chi connectivity index (χ1v) is 5.26. The van der Waals surface area contributed by atoms with Gasteiger partial charge in [0.05, 0.1) is 18.6 Å². The Hall–Kier alpha value is -1.07. The molecule has 1 aromatic rings. The zero-order valence-corrected chi connectivity index (χ0v) is 9.72. The molecule has 0 amide bonds. The molecule has 1 aromatic heterocycles. The van der Waals surface area contributed by atoms with Gasteiger partial charge in [-0.2, -0.15) is 0 Å². The van der Waals surface area contributed by atoms with Crippen LogP contribution in [0.3, 0.4) is 0 Å². The van der Waals surface area contributed by atoms with E-state index >= 15 is 0 Å². The summed E-state index contributed by atoms with van der Waals surface area (Å²) in [7, 11) is 2.41. The molecule has 0 aliphatic carbocycles. The Morgan fingerprint density at radius 1 is 1.33 bits per heavy atom. The molecule has 0 aliphatic heterocycles. The van der Waals surface area contributed by atoms with Crippen molar-refractivity contribution >= 4 is 34.9 Å². The first-order chi connectivity index (χ1) is 7.11. The van der Waals surface area contributed by atoms with Crippen LogP contribution in [0.25, 0.3) is 0 Å². The first kappa shape index (κ1) is 12.0. The maximum absolute atomic E-state index is 11.4. The van der Waals surface area contributed by atoms with Gasteiger partial charge in [-0.05, 0) is 11.4 Å². The highest BCUT2D eigenvalue weighted by molar-refractivity contribution is 7.14. The molecule has 15 heavy (non-hydrogen) atoms. The Labute approximate surface area is 95.7 Å². The zero-order valence-electron chi connectivity index (χ0n) is 8.15. The van der Waals surface area contributed by atoms with Crippen LogP contribution in [-0.2, 0) is 19.1 Å². The fourth-order valence-electron chi connectivity index (χ4n) is 1.10. The Morgan fingerprint density at radius 3 is 2.20 bits per heavy atom. The molecule has 0 radical (unpaired) electrons. The van der Waals surface area contributed by atoms with Crippen molar-refractivity contribution < 1.29 is 19.1 Å². The zero-order chi connectivity index (χ0) is 11.4. The molecule has 1 rings (SSSR count). The predicted molar refractivity (Wildman–Crippen MR) is 56.1 cm³/mol. The molecular formula is C9H9ClO4S. The third-order valence-corrected chi connectivity index (χ3v) is 3.03. The van der Waals surface area contributed by atoms with Crippen molar-refractivity contribution in [2.24, 2.45) is 0 Å². The maximum atomic E-state index is 11.4. The van der Waals surface area contributed by atoms with Gasteiger partial charge in [-0.1, -0.05) is 11.6 Å². The van der Waals surface area contributed by atoms with E-state index in [-0.39, 0.29) is 0 Å². The molecule has 0 N–H and O–H groups in total. The number of hydrogen-bond donors (Lipinski definition) is 0. The average molecular weight is 249 g/mol. The second-order valence-corrected chi connectivity index (χ2v) is 4.15. The fraction of sp³-hybridized carbons (Fsp3) is 0.333. The number of esters is 2. The standard InChI is InChI=1S/C9H9ClO4S/c1-13-8(11)6(9(12)14-2)5-3-4-15-7(5)10/h3-4,6H,1-2H3. The Kier molecular flexibility index (Phi) is 4.11. The number of hydrogen-bond acceptors (Lipinski definition) is 5. The van der Waals surface area contributed by atoms with Crippen LogP contribution in [0.15, 0.2) is 11.4 Å². The van der Waals surface area contributed by atoms with Gasteiger partial charge in [0.1, 0.15) is 0 Å². The van der Waals surface area contributed by atoms with E-state index in [1.807, 2.05) is 0 Å². The molecule has 6 heteroatoms. The predicted octanol–water partition coefficient (Wildman–Crippen LogP) is 1.83.